The van der Waals surface area contributed by atoms with Crippen LogP contribution in [0.1, 0.15) is 51.4 Å². The minimum absolute atomic E-state index is 0.0129. The molecular formula is C15H24N2O2. The number of amides is 2. The third-order valence-corrected chi connectivity index (χ3v) is 3.92. The second kappa shape index (κ2) is 7.31. The highest BCUT2D eigenvalue weighted by Crippen LogP contribution is 2.19. The zero-order valence-corrected chi connectivity index (χ0v) is 11.6. The van der Waals surface area contributed by atoms with Crippen molar-refractivity contribution in [3.8, 4) is 0 Å². The molecule has 0 aromatic heterocycles. The van der Waals surface area contributed by atoms with Gasteiger partial charge in [-0.05, 0) is 44.9 Å². The molecule has 1 aliphatic carbocycles. The van der Waals surface area contributed by atoms with Crippen LogP contribution >= 0.6 is 0 Å². The van der Waals surface area contributed by atoms with Crippen LogP contribution < -0.4 is 5.32 Å². The molecule has 0 unspecified atom stereocenters. The lowest BCUT2D eigenvalue weighted by Gasteiger charge is -2.15. The molecule has 1 saturated heterocycles. The van der Waals surface area contributed by atoms with Gasteiger partial charge in [0.2, 0.25) is 11.8 Å². The Hall–Kier alpha value is -1.32. The maximum Gasteiger partial charge on any atom is 0.232 e. The zero-order chi connectivity index (χ0) is 13.5. The van der Waals surface area contributed by atoms with E-state index < -0.39 is 0 Å². The highest BCUT2D eigenvalue weighted by molar-refractivity contribution is 5.96. The molecule has 1 heterocycles. The van der Waals surface area contributed by atoms with Gasteiger partial charge in [0.05, 0.1) is 0 Å². The Morgan fingerprint density at radius 3 is 2.63 bits per heavy atom. The minimum atomic E-state index is -0.131. The smallest absolute Gasteiger partial charge is 0.232 e. The fraction of sp³-hybridized carbons (Fsp3) is 0.733. The van der Waals surface area contributed by atoms with Gasteiger partial charge >= 0.3 is 0 Å². The van der Waals surface area contributed by atoms with E-state index >= 15 is 0 Å². The van der Waals surface area contributed by atoms with Crippen LogP contribution in [0.2, 0.25) is 0 Å². The van der Waals surface area contributed by atoms with Gasteiger partial charge in [0.25, 0.3) is 0 Å². The average Bonchev–Trinajstić information content (AvgIpc) is 2.94. The summed E-state index contributed by atoms with van der Waals surface area (Å²) in [6.45, 7) is 2.30. The second-order valence-electron chi connectivity index (χ2n) is 5.47. The number of hydrogen-bond donors (Lipinski definition) is 1. The number of rotatable bonds is 5. The van der Waals surface area contributed by atoms with E-state index in [-0.39, 0.29) is 18.2 Å². The number of hydrogen-bond acceptors (Lipinski definition) is 2. The van der Waals surface area contributed by atoms with Crippen molar-refractivity contribution in [2.45, 2.75) is 51.4 Å². The summed E-state index contributed by atoms with van der Waals surface area (Å²) in [5.74, 6) is -0.153. The van der Waals surface area contributed by atoms with Crippen molar-refractivity contribution in [3.63, 3.8) is 0 Å². The maximum atomic E-state index is 11.8. The molecule has 1 N–H and O–H groups in total. The van der Waals surface area contributed by atoms with Crippen LogP contribution in [0.15, 0.2) is 11.6 Å². The molecule has 0 spiro atoms. The minimum Gasteiger partial charge on any atom is -0.355 e. The average molecular weight is 264 g/mol. The molecule has 0 radical (unpaired) electrons. The molecule has 1 aliphatic heterocycles. The monoisotopic (exact) mass is 264 g/mol. The van der Waals surface area contributed by atoms with Gasteiger partial charge in [-0.2, -0.15) is 0 Å². The third-order valence-electron chi connectivity index (χ3n) is 3.92. The van der Waals surface area contributed by atoms with Gasteiger partial charge in [0.15, 0.2) is 0 Å². The van der Waals surface area contributed by atoms with E-state index in [1.807, 2.05) is 0 Å². The Kier molecular flexibility index (Phi) is 5.43. The summed E-state index contributed by atoms with van der Waals surface area (Å²) in [6.07, 6.45) is 10.3. The van der Waals surface area contributed by atoms with Crippen LogP contribution in [0.25, 0.3) is 0 Å². The lowest BCUT2D eigenvalue weighted by Crippen LogP contribution is -2.34. The van der Waals surface area contributed by atoms with Crippen molar-refractivity contribution in [2.75, 3.05) is 19.6 Å². The SMILES string of the molecule is O=C(CC(=O)N1CCCC1)NCCC1=CCCCC1. The van der Waals surface area contributed by atoms with Crippen molar-refractivity contribution < 1.29 is 9.59 Å². The summed E-state index contributed by atoms with van der Waals surface area (Å²) in [5, 5.41) is 2.86. The Morgan fingerprint density at radius 2 is 1.95 bits per heavy atom. The van der Waals surface area contributed by atoms with Crippen LogP contribution in [0, 0.1) is 0 Å². The first-order valence-electron chi connectivity index (χ1n) is 7.48. The Balaban J connectivity index is 1.61. The summed E-state index contributed by atoms with van der Waals surface area (Å²) in [7, 11) is 0. The van der Waals surface area contributed by atoms with Gasteiger partial charge in [0, 0.05) is 19.6 Å². The number of allylic oxidation sites excluding steroid dienone is 1. The standard InChI is InChI=1S/C15H24N2O2/c18-14(12-15(19)17-10-4-5-11-17)16-9-8-13-6-2-1-3-7-13/h6H,1-5,7-12H2,(H,16,18). The summed E-state index contributed by atoms with van der Waals surface area (Å²) in [5.41, 5.74) is 1.46. The number of nitrogens with zero attached hydrogens (tertiary/aromatic N) is 1. The molecule has 1 fully saturated rings. The fourth-order valence-corrected chi connectivity index (χ4v) is 2.77. The molecule has 0 aromatic carbocycles. The molecule has 0 bridgehead atoms. The van der Waals surface area contributed by atoms with Gasteiger partial charge in [-0.15, -0.1) is 0 Å². The second-order valence-corrected chi connectivity index (χ2v) is 5.47. The zero-order valence-electron chi connectivity index (χ0n) is 11.6. The quantitative estimate of drug-likeness (QED) is 0.610. The van der Waals surface area contributed by atoms with E-state index in [1.165, 1.54) is 31.3 Å². The van der Waals surface area contributed by atoms with Gasteiger partial charge < -0.3 is 10.2 Å². The van der Waals surface area contributed by atoms with Crippen molar-refractivity contribution >= 4 is 11.8 Å². The third kappa shape index (κ3) is 4.69. The molecule has 2 amide bonds. The fourth-order valence-electron chi connectivity index (χ4n) is 2.77. The Bertz CT molecular complexity index is 357. The lowest BCUT2D eigenvalue weighted by molar-refractivity contribution is -0.135. The predicted octanol–water partition coefficient (Wildman–Crippen LogP) is 2.01. The molecule has 4 heteroatoms. The molecule has 2 aliphatic rings. The molecule has 106 valence electrons. The molecule has 4 nitrogen and oxygen atoms in total. The van der Waals surface area contributed by atoms with E-state index in [4.69, 9.17) is 0 Å². The van der Waals surface area contributed by atoms with Crippen molar-refractivity contribution in [2.24, 2.45) is 0 Å². The summed E-state index contributed by atoms with van der Waals surface area (Å²) in [6, 6.07) is 0. The molecule has 0 atom stereocenters. The van der Waals surface area contributed by atoms with Gasteiger partial charge in [-0.1, -0.05) is 11.6 Å². The number of nitrogens with one attached hydrogen (secondary N) is 1. The summed E-state index contributed by atoms with van der Waals surface area (Å²) < 4.78 is 0. The highest BCUT2D eigenvalue weighted by Gasteiger charge is 2.20. The van der Waals surface area contributed by atoms with Crippen LogP contribution in [0.4, 0.5) is 0 Å². The molecule has 0 saturated carbocycles. The van der Waals surface area contributed by atoms with Crippen molar-refractivity contribution in [1.29, 1.82) is 0 Å². The molecule has 2 rings (SSSR count). The number of carbonyl (C=O) groups is 2. The normalized spacial score (nSPS) is 19.2. The topological polar surface area (TPSA) is 49.4 Å². The summed E-state index contributed by atoms with van der Waals surface area (Å²) >= 11 is 0. The van der Waals surface area contributed by atoms with Crippen molar-refractivity contribution in [1.82, 2.24) is 10.2 Å². The number of likely N-dealkylation sites (tertiary alicyclic amines) is 1. The van der Waals surface area contributed by atoms with E-state index in [0.717, 1.165) is 32.4 Å². The number of carbonyl (C=O) groups excluding carboxylic acids is 2. The highest BCUT2D eigenvalue weighted by atomic mass is 16.2. The van der Waals surface area contributed by atoms with Crippen LogP contribution in [0.5, 0.6) is 0 Å². The van der Waals surface area contributed by atoms with Crippen LogP contribution in [-0.2, 0) is 9.59 Å². The van der Waals surface area contributed by atoms with E-state index in [0.29, 0.717) is 6.54 Å². The van der Waals surface area contributed by atoms with E-state index in [9.17, 15) is 9.59 Å². The first kappa shape index (κ1) is 14.1. The largest absolute Gasteiger partial charge is 0.355 e. The first-order valence-corrected chi connectivity index (χ1v) is 7.48. The summed E-state index contributed by atoms with van der Waals surface area (Å²) in [4.78, 5) is 25.2. The molecular weight excluding hydrogens is 240 g/mol. The van der Waals surface area contributed by atoms with Gasteiger partial charge in [-0.3, -0.25) is 9.59 Å². The van der Waals surface area contributed by atoms with Crippen LogP contribution in [-0.4, -0.2) is 36.3 Å². The maximum absolute atomic E-state index is 11.8. The van der Waals surface area contributed by atoms with Gasteiger partial charge in [0.1, 0.15) is 6.42 Å². The Morgan fingerprint density at radius 1 is 1.16 bits per heavy atom. The molecule has 0 aromatic rings. The lowest BCUT2D eigenvalue weighted by atomic mass is 9.97. The molecule has 19 heavy (non-hydrogen) atoms. The van der Waals surface area contributed by atoms with Crippen LogP contribution in [0.3, 0.4) is 0 Å². The van der Waals surface area contributed by atoms with Crippen molar-refractivity contribution in [3.05, 3.63) is 11.6 Å². The van der Waals surface area contributed by atoms with Gasteiger partial charge in [-0.25, -0.2) is 0 Å². The first-order chi connectivity index (χ1) is 9.25. The van der Waals surface area contributed by atoms with E-state index in [1.54, 1.807) is 4.90 Å². The Labute approximate surface area is 115 Å². The predicted molar refractivity (Wildman–Crippen MR) is 74.6 cm³/mol. The van der Waals surface area contributed by atoms with E-state index in [2.05, 4.69) is 11.4 Å².